The lowest BCUT2D eigenvalue weighted by molar-refractivity contribution is -0.132. The second-order valence-electron chi connectivity index (χ2n) is 3.95. The third-order valence-electron chi connectivity index (χ3n) is 2.41. The maximum Gasteiger partial charge on any atom is 0.242 e. The second kappa shape index (κ2) is 5.03. The highest BCUT2D eigenvalue weighted by molar-refractivity contribution is 5.82. The third kappa shape index (κ3) is 2.86. The number of nitrogens with zero attached hydrogens (tertiary/aromatic N) is 1. The monoisotopic (exact) mass is 240 g/mol. The Bertz CT molecular complexity index is 420. The van der Waals surface area contributed by atoms with Gasteiger partial charge < -0.3 is 26.0 Å². The number of rotatable bonds is 3. The summed E-state index contributed by atoms with van der Waals surface area (Å²) in [6.45, 7) is 0. The van der Waals surface area contributed by atoms with Gasteiger partial charge in [0.05, 0.1) is 0 Å². The molecule has 0 saturated carbocycles. The van der Waals surface area contributed by atoms with Crippen molar-refractivity contribution in [1.29, 1.82) is 0 Å². The van der Waals surface area contributed by atoms with Gasteiger partial charge in [-0.05, 0) is 17.7 Å². The number of hydrogen-bond donors (Lipinski definition) is 4. The highest BCUT2D eigenvalue weighted by Crippen LogP contribution is 2.28. The van der Waals surface area contributed by atoms with E-state index in [-0.39, 0.29) is 17.1 Å². The fraction of sp³-hybridized carbons (Fsp3) is 0.364. The number of hydrogen-bond acceptors (Lipinski definition) is 5. The highest BCUT2D eigenvalue weighted by atomic mass is 16.3. The molecule has 0 saturated heterocycles. The number of likely N-dealkylation sites (N-methyl/N-ethyl adjacent to an activating group) is 1. The maximum absolute atomic E-state index is 11.5. The zero-order valence-electron chi connectivity index (χ0n) is 9.66. The van der Waals surface area contributed by atoms with Crippen LogP contribution in [0.4, 0.5) is 0 Å². The average Bonchev–Trinajstić information content (AvgIpc) is 2.29. The molecule has 0 aliphatic carbocycles. The predicted octanol–water partition coefficient (Wildman–Crippen LogP) is -0.453. The van der Waals surface area contributed by atoms with Gasteiger partial charge in [0.1, 0.15) is 12.1 Å². The number of carbonyl (C=O) groups excluding carboxylic acids is 1. The van der Waals surface area contributed by atoms with Crippen molar-refractivity contribution in [1.82, 2.24) is 4.90 Å². The second-order valence-corrected chi connectivity index (χ2v) is 3.95. The molecule has 0 aliphatic heterocycles. The van der Waals surface area contributed by atoms with Crippen LogP contribution in [-0.4, -0.2) is 46.3 Å². The Kier molecular flexibility index (Phi) is 3.93. The van der Waals surface area contributed by atoms with Crippen molar-refractivity contribution in [3.8, 4) is 11.5 Å². The van der Waals surface area contributed by atoms with Gasteiger partial charge in [-0.3, -0.25) is 4.79 Å². The number of nitrogens with two attached hydrogens (primary N) is 1. The first-order chi connectivity index (χ1) is 7.84. The van der Waals surface area contributed by atoms with Crippen LogP contribution in [-0.2, 0) is 4.79 Å². The summed E-state index contributed by atoms with van der Waals surface area (Å²) in [5.74, 6) is -1.09. The van der Waals surface area contributed by atoms with Gasteiger partial charge >= 0.3 is 0 Å². The maximum atomic E-state index is 11.5. The van der Waals surface area contributed by atoms with Crippen LogP contribution in [0.25, 0.3) is 0 Å². The van der Waals surface area contributed by atoms with Gasteiger partial charge in [0.15, 0.2) is 11.5 Å². The molecule has 94 valence electrons. The Hall–Kier alpha value is -1.79. The van der Waals surface area contributed by atoms with Crippen molar-refractivity contribution >= 4 is 5.91 Å². The number of phenolic OH excluding ortho intramolecular Hbond substituents is 2. The van der Waals surface area contributed by atoms with Gasteiger partial charge in [0, 0.05) is 14.1 Å². The van der Waals surface area contributed by atoms with Crippen LogP contribution in [0.5, 0.6) is 11.5 Å². The molecule has 2 atom stereocenters. The van der Waals surface area contributed by atoms with Gasteiger partial charge in [-0.25, -0.2) is 0 Å². The Labute approximate surface area is 98.9 Å². The summed E-state index contributed by atoms with van der Waals surface area (Å²) in [5.41, 5.74) is 5.86. The predicted molar refractivity (Wildman–Crippen MR) is 61.4 cm³/mol. The first-order valence-electron chi connectivity index (χ1n) is 5.01. The largest absolute Gasteiger partial charge is 0.504 e. The van der Waals surface area contributed by atoms with Crippen LogP contribution >= 0.6 is 0 Å². The van der Waals surface area contributed by atoms with Crippen LogP contribution in [0.3, 0.4) is 0 Å². The van der Waals surface area contributed by atoms with E-state index in [1.807, 2.05) is 0 Å². The van der Waals surface area contributed by atoms with E-state index in [4.69, 9.17) is 10.8 Å². The molecule has 0 bridgehead atoms. The third-order valence-corrected chi connectivity index (χ3v) is 2.41. The van der Waals surface area contributed by atoms with Crippen LogP contribution in [0, 0.1) is 0 Å². The molecule has 0 fully saturated rings. The Morgan fingerprint density at radius 2 is 1.88 bits per heavy atom. The topological polar surface area (TPSA) is 107 Å². The van der Waals surface area contributed by atoms with Crippen molar-refractivity contribution < 1.29 is 20.1 Å². The number of aromatic hydroxyl groups is 2. The number of carbonyl (C=O) groups is 1. The van der Waals surface area contributed by atoms with Gasteiger partial charge in [0.2, 0.25) is 5.91 Å². The van der Waals surface area contributed by atoms with Crippen molar-refractivity contribution in [2.75, 3.05) is 14.1 Å². The van der Waals surface area contributed by atoms with E-state index in [1.54, 1.807) is 0 Å². The molecule has 1 aromatic carbocycles. The number of aliphatic hydroxyl groups is 1. The molecule has 0 unspecified atom stereocenters. The Morgan fingerprint density at radius 1 is 1.29 bits per heavy atom. The van der Waals surface area contributed by atoms with E-state index in [0.717, 1.165) is 0 Å². The minimum atomic E-state index is -1.24. The number of aliphatic hydroxyl groups excluding tert-OH is 1. The van der Waals surface area contributed by atoms with E-state index in [9.17, 15) is 15.0 Å². The molecule has 0 radical (unpaired) electrons. The van der Waals surface area contributed by atoms with Crippen molar-refractivity contribution in [3.63, 3.8) is 0 Å². The summed E-state index contributed by atoms with van der Waals surface area (Å²) in [4.78, 5) is 12.8. The lowest BCUT2D eigenvalue weighted by Crippen LogP contribution is -2.43. The van der Waals surface area contributed by atoms with Crippen LogP contribution < -0.4 is 5.73 Å². The Morgan fingerprint density at radius 3 is 2.35 bits per heavy atom. The fourth-order valence-electron chi connectivity index (χ4n) is 1.36. The average molecular weight is 240 g/mol. The molecule has 6 nitrogen and oxygen atoms in total. The molecule has 1 amide bonds. The molecule has 1 rings (SSSR count). The standard InChI is InChI=1S/C11H16N2O4/c1-13(2)11(17)9(12)10(16)6-3-4-7(14)8(15)5-6/h3-5,9-10,14-16H,12H2,1-2H3/t9-,10+/m0/s1. The molecule has 0 aliphatic rings. The molecular formula is C11H16N2O4. The van der Waals surface area contributed by atoms with Crippen LogP contribution in [0.1, 0.15) is 11.7 Å². The molecule has 0 spiro atoms. The molecule has 5 N–H and O–H groups in total. The van der Waals surface area contributed by atoms with E-state index in [1.165, 1.54) is 37.2 Å². The van der Waals surface area contributed by atoms with Gasteiger partial charge in [-0.1, -0.05) is 6.07 Å². The summed E-state index contributed by atoms with van der Waals surface area (Å²) in [6, 6.07) is 2.67. The quantitative estimate of drug-likeness (QED) is 0.535. The molecule has 0 aromatic heterocycles. The van der Waals surface area contributed by atoms with E-state index in [2.05, 4.69) is 0 Å². The zero-order chi connectivity index (χ0) is 13.2. The summed E-state index contributed by atoms with van der Waals surface area (Å²) in [5, 5.41) is 28.3. The molecular weight excluding hydrogens is 224 g/mol. The van der Waals surface area contributed by atoms with E-state index < -0.39 is 18.1 Å². The van der Waals surface area contributed by atoms with Crippen LogP contribution in [0.2, 0.25) is 0 Å². The normalized spacial score (nSPS) is 14.1. The van der Waals surface area contributed by atoms with E-state index in [0.29, 0.717) is 0 Å². The SMILES string of the molecule is CN(C)C(=O)[C@@H](N)[C@H](O)c1ccc(O)c(O)c1. The van der Waals surface area contributed by atoms with Gasteiger partial charge in [0.25, 0.3) is 0 Å². The molecule has 1 aromatic rings. The highest BCUT2D eigenvalue weighted by Gasteiger charge is 2.25. The first kappa shape index (κ1) is 13.3. The zero-order valence-corrected chi connectivity index (χ0v) is 9.66. The summed E-state index contributed by atoms with van der Waals surface area (Å²) in [7, 11) is 3.06. The smallest absolute Gasteiger partial charge is 0.242 e. The van der Waals surface area contributed by atoms with Crippen molar-refractivity contribution in [2.45, 2.75) is 12.1 Å². The van der Waals surface area contributed by atoms with Crippen molar-refractivity contribution in [2.24, 2.45) is 5.73 Å². The lowest BCUT2D eigenvalue weighted by atomic mass is 10.0. The van der Waals surface area contributed by atoms with E-state index >= 15 is 0 Å². The summed E-state index contributed by atoms with van der Waals surface area (Å²) >= 11 is 0. The number of amides is 1. The van der Waals surface area contributed by atoms with Crippen LogP contribution in [0.15, 0.2) is 18.2 Å². The molecule has 17 heavy (non-hydrogen) atoms. The van der Waals surface area contributed by atoms with Crippen molar-refractivity contribution in [3.05, 3.63) is 23.8 Å². The first-order valence-corrected chi connectivity index (χ1v) is 5.01. The minimum Gasteiger partial charge on any atom is -0.504 e. The Balaban J connectivity index is 2.92. The number of benzene rings is 1. The number of phenols is 2. The van der Waals surface area contributed by atoms with Gasteiger partial charge in [-0.2, -0.15) is 0 Å². The summed E-state index contributed by atoms with van der Waals surface area (Å²) < 4.78 is 0. The minimum absolute atomic E-state index is 0.267. The fourth-order valence-corrected chi connectivity index (χ4v) is 1.36. The van der Waals surface area contributed by atoms with Gasteiger partial charge in [-0.15, -0.1) is 0 Å². The molecule has 0 heterocycles. The molecule has 6 heteroatoms. The summed E-state index contributed by atoms with van der Waals surface area (Å²) in [6.07, 6.45) is -1.24. The lowest BCUT2D eigenvalue weighted by Gasteiger charge is -2.21.